The zero-order valence-corrected chi connectivity index (χ0v) is 10.9. The third kappa shape index (κ3) is 2.56. The Hall–Kier alpha value is -1.61. The maximum Gasteiger partial charge on any atom is 0.346 e. The number of nitrogens with zero attached hydrogens (tertiary/aromatic N) is 3. The molecule has 0 aliphatic heterocycles. The second-order valence-electron chi connectivity index (χ2n) is 4.12. The van der Waals surface area contributed by atoms with Crippen molar-refractivity contribution in [1.82, 2.24) is 4.98 Å². The van der Waals surface area contributed by atoms with E-state index in [1.165, 1.54) is 0 Å². The Morgan fingerprint density at radius 1 is 1.12 bits per heavy atom. The number of hydrogen-bond donors (Lipinski definition) is 0. The third-order valence-electron chi connectivity index (χ3n) is 2.54. The highest BCUT2D eigenvalue weighted by Gasteiger charge is 2.13. The number of rotatable bonds is 2. The Morgan fingerprint density at radius 2 is 1.76 bits per heavy atom. The first-order chi connectivity index (χ1) is 8.08. The number of hydrogen-bond acceptors (Lipinski definition) is 2. The Kier molecular flexibility index (Phi) is 3.29. The molecular formula is C13H15ClN3+. The van der Waals surface area contributed by atoms with Gasteiger partial charge in [0.1, 0.15) is 10.7 Å². The molecule has 0 spiro atoms. The first-order valence-corrected chi connectivity index (χ1v) is 5.78. The fraction of sp³-hybridized carbons (Fsp3) is 0.231. The highest BCUT2D eigenvalue weighted by atomic mass is 35.5. The van der Waals surface area contributed by atoms with Crippen LogP contribution in [0.15, 0.2) is 36.7 Å². The summed E-state index contributed by atoms with van der Waals surface area (Å²) in [6.45, 7) is 1.95. The monoisotopic (exact) mass is 248 g/mol. The lowest BCUT2D eigenvalue weighted by molar-refractivity contribution is -0.599. The minimum absolute atomic E-state index is 0.651. The van der Waals surface area contributed by atoms with Crippen LogP contribution in [0.5, 0.6) is 0 Å². The topological polar surface area (TPSA) is 20.0 Å². The van der Waals surface area contributed by atoms with Crippen molar-refractivity contribution in [3.63, 3.8) is 0 Å². The highest BCUT2D eigenvalue weighted by molar-refractivity contribution is 6.31. The maximum atomic E-state index is 6.14. The predicted molar refractivity (Wildman–Crippen MR) is 69.8 cm³/mol. The van der Waals surface area contributed by atoms with Gasteiger partial charge in [-0.25, -0.2) is 4.57 Å². The van der Waals surface area contributed by atoms with E-state index in [-0.39, 0.29) is 0 Å². The molecule has 0 bridgehead atoms. The van der Waals surface area contributed by atoms with Crippen LogP contribution in [-0.4, -0.2) is 19.1 Å². The second kappa shape index (κ2) is 4.72. The molecule has 3 nitrogen and oxygen atoms in total. The number of anilines is 1. The van der Waals surface area contributed by atoms with Crippen molar-refractivity contribution in [2.24, 2.45) is 0 Å². The van der Waals surface area contributed by atoms with Gasteiger partial charge in [-0.3, -0.25) is 0 Å². The summed E-state index contributed by atoms with van der Waals surface area (Å²) in [7, 11) is 4.02. The number of aryl methyl sites for hydroxylation is 1. The minimum Gasteiger partial charge on any atom is -0.377 e. The molecule has 0 saturated heterocycles. The average molecular weight is 249 g/mol. The first kappa shape index (κ1) is 11.9. The lowest BCUT2D eigenvalue weighted by Crippen LogP contribution is -2.31. The smallest absolute Gasteiger partial charge is 0.346 e. The summed E-state index contributed by atoms with van der Waals surface area (Å²) in [5.41, 5.74) is 2.10. The maximum absolute atomic E-state index is 6.14. The van der Waals surface area contributed by atoms with Crippen LogP contribution < -0.4 is 9.47 Å². The summed E-state index contributed by atoms with van der Waals surface area (Å²) in [6, 6.07) is 7.83. The fourth-order valence-corrected chi connectivity index (χ4v) is 1.77. The van der Waals surface area contributed by atoms with E-state index in [1.807, 2.05) is 62.2 Å². The Labute approximate surface area is 106 Å². The van der Waals surface area contributed by atoms with Crippen LogP contribution >= 0.6 is 11.6 Å². The van der Waals surface area contributed by atoms with E-state index in [1.54, 1.807) is 0 Å². The molecule has 0 aliphatic carbocycles. The lowest BCUT2D eigenvalue weighted by atomic mass is 10.3. The zero-order chi connectivity index (χ0) is 12.4. The molecule has 0 fully saturated rings. The molecule has 17 heavy (non-hydrogen) atoms. The van der Waals surface area contributed by atoms with Crippen molar-refractivity contribution >= 4 is 17.3 Å². The average Bonchev–Trinajstić information content (AvgIpc) is 2.32. The van der Waals surface area contributed by atoms with Gasteiger partial charge in [-0.2, -0.15) is 0 Å². The van der Waals surface area contributed by atoms with Gasteiger partial charge in [0.05, 0.1) is 12.4 Å². The molecule has 0 radical (unpaired) electrons. The van der Waals surface area contributed by atoms with Crippen LogP contribution in [0, 0.1) is 6.92 Å². The van der Waals surface area contributed by atoms with Gasteiger partial charge in [0.25, 0.3) is 0 Å². The molecule has 2 heterocycles. The van der Waals surface area contributed by atoms with Gasteiger partial charge >= 0.3 is 5.82 Å². The molecule has 88 valence electrons. The molecule has 0 aromatic carbocycles. The molecule has 4 heteroatoms. The van der Waals surface area contributed by atoms with Crippen LogP contribution in [0.4, 0.5) is 5.69 Å². The molecular weight excluding hydrogens is 234 g/mol. The van der Waals surface area contributed by atoms with Gasteiger partial charge in [-0.15, -0.1) is 0 Å². The number of pyridine rings is 2. The van der Waals surface area contributed by atoms with Crippen molar-refractivity contribution in [2.75, 3.05) is 19.0 Å². The quantitative estimate of drug-likeness (QED) is 0.761. The Bertz CT molecular complexity index is 521. The summed E-state index contributed by atoms with van der Waals surface area (Å²) in [5.74, 6) is 0.761. The highest BCUT2D eigenvalue weighted by Crippen LogP contribution is 2.14. The van der Waals surface area contributed by atoms with E-state index in [2.05, 4.69) is 9.88 Å². The summed E-state index contributed by atoms with van der Waals surface area (Å²) in [5, 5.41) is 0.651. The summed E-state index contributed by atoms with van der Waals surface area (Å²) in [4.78, 5) is 6.49. The van der Waals surface area contributed by atoms with Crippen LogP contribution in [-0.2, 0) is 0 Å². The molecule has 0 saturated carbocycles. The van der Waals surface area contributed by atoms with Crippen LogP contribution in [0.2, 0.25) is 5.02 Å². The zero-order valence-electron chi connectivity index (χ0n) is 10.2. The van der Waals surface area contributed by atoms with Gasteiger partial charge in [0.2, 0.25) is 0 Å². The van der Waals surface area contributed by atoms with E-state index < -0.39 is 0 Å². The van der Waals surface area contributed by atoms with Gasteiger partial charge in [0, 0.05) is 38.8 Å². The normalized spacial score (nSPS) is 10.4. The lowest BCUT2D eigenvalue weighted by Gasteiger charge is -2.11. The summed E-state index contributed by atoms with van der Waals surface area (Å²) in [6.07, 6.45) is 3.92. The van der Waals surface area contributed by atoms with E-state index in [0.29, 0.717) is 5.02 Å². The second-order valence-corrected chi connectivity index (χ2v) is 4.52. The number of aromatic nitrogens is 2. The van der Waals surface area contributed by atoms with E-state index in [4.69, 9.17) is 11.6 Å². The molecule has 0 atom stereocenters. The van der Waals surface area contributed by atoms with Crippen LogP contribution in [0.25, 0.3) is 5.82 Å². The van der Waals surface area contributed by atoms with E-state index in [0.717, 1.165) is 17.2 Å². The molecule has 2 aromatic heterocycles. The van der Waals surface area contributed by atoms with Crippen LogP contribution in [0.1, 0.15) is 5.69 Å². The first-order valence-electron chi connectivity index (χ1n) is 5.40. The molecule has 2 aromatic rings. The summed E-state index contributed by atoms with van der Waals surface area (Å²) >= 11 is 6.14. The van der Waals surface area contributed by atoms with Crippen molar-refractivity contribution in [3.8, 4) is 5.82 Å². The standard InChI is InChI=1S/C13H15ClN3/c1-10-4-5-12(14)13(15-10)17-8-6-11(7-9-17)16(2)3/h4-9H,1-3H3/q+1. The fourth-order valence-electron chi connectivity index (χ4n) is 1.57. The summed E-state index contributed by atoms with van der Waals surface area (Å²) < 4.78 is 1.92. The van der Waals surface area contributed by atoms with Crippen molar-refractivity contribution in [2.45, 2.75) is 6.92 Å². The molecule has 0 unspecified atom stereocenters. The predicted octanol–water partition coefficient (Wildman–Crippen LogP) is 2.39. The largest absolute Gasteiger partial charge is 0.377 e. The SMILES string of the molecule is Cc1ccc(Cl)c(-[n+]2ccc(N(C)C)cc2)n1. The molecule has 0 aliphatic rings. The van der Waals surface area contributed by atoms with Crippen molar-refractivity contribution < 1.29 is 4.57 Å². The van der Waals surface area contributed by atoms with Gasteiger partial charge < -0.3 is 4.90 Å². The van der Waals surface area contributed by atoms with E-state index in [9.17, 15) is 0 Å². The van der Waals surface area contributed by atoms with Gasteiger partial charge in [0.15, 0.2) is 0 Å². The van der Waals surface area contributed by atoms with Gasteiger partial charge in [-0.05, 0) is 17.1 Å². The molecule has 0 N–H and O–H groups in total. The minimum atomic E-state index is 0.651. The van der Waals surface area contributed by atoms with Gasteiger partial charge in [-0.1, -0.05) is 11.6 Å². The third-order valence-corrected chi connectivity index (χ3v) is 2.83. The molecule has 0 amide bonds. The van der Waals surface area contributed by atoms with Crippen molar-refractivity contribution in [3.05, 3.63) is 47.4 Å². The van der Waals surface area contributed by atoms with Crippen molar-refractivity contribution in [1.29, 1.82) is 0 Å². The molecule has 2 rings (SSSR count). The Balaban J connectivity index is 2.43. The number of halogens is 1. The Morgan fingerprint density at radius 3 is 2.35 bits per heavy atom. The van der Waals surface area contributed by atoms with Crippen LogP contribution in [0.3, 0.4) is 0 Å². The van der Waals surface area contributed by atoms with E-state index >= 15 is 0 Å².